The number of fused-ring (bicyclic) bond motifs is 6. The number of aromatic nitrogens is 10. The number of nitrogens with one attached hydrogen (secondary N) is 3. The Hall–Kier alpha value is -6.38. The number of rotatable bonds is 13. The van der Waals surface area contributed by atoms with Gasteiger partial charge in [0.25, 0.3) is 0 Å². The number of anilines is 6. The number of ether oxygens (including phenoxy) is 1. The Balaban J connectivity index is 0.000000129. The van der Waals surface area contributed by atoms with Crippen LogP contribution in [0.25, 0.3) is 43.9 Å². The van der Waals surface area contributed by atoms with Gasteiger partial charge in [-0.05, 0) is 101 Å². The lowest BCUT2D eigenvalue weighted by atomic mass is 10.2. The zero-order valence-corrected chi connectivity index (χ0v) is 45.8. The molecular formula is C57H74N16O2Si. The van der Waals surface area contributed by atoms with Crippen LogP contribution >= 0.6 is 0 Å². The normalized spacial score (nSPS) is 19.3. The van der Waals surface area contributed by atoms with E-state index in [0.29, 0.717) is 24.0 Å². The van der Waals surface area contributed by atoms with E-state index < -0.39 is 8.32 Å². The molecule has 0 spiro atoms. The third kappa shape index (κ3) is 11.2. The Labute approximate surface area is 446 Å². The molecule has 3 N–H and O–H groups in total. The third-order valence-electron chi connectivity index (χ3n) is 15.8. The lowest BCUT2D eigenvalue weighted by Gasteiger charge is -2.36. The van der Waals surface area contributed by atoms with E-state index in [0.717, 1.165) is 128 Å². The largest absolute Gasteiger partial charge is 0.391 e. The summed E-state index contributed by atoms with van der Waals surface area (Å²) < 4.78 is 16.2. The molecule has 2 aliphatic heterocycles. The summed E-state index contributed by atoms with van der Waals surface area (Å²) in [4.78, 5) is 44.5. The Kier molecular flexibility index (Phi) is 14.6. The number of nitrogens with zero attached hydrogens (tertiary/aromatic N) is 13. The van der Waals surface area contributed by atoms with E-state index in [1.54, 1.807) is 0 Å². The summed E-state index contributed by atoms with van der Waals surface area (Å²) in [5.74, 6) is 2.53. The Morgan fingerprint density at radius 3 is 1.50 bits per heavy atom. The molecule has 0 aromatic carbocycles. The fraction of sp³-hybridized carbons (Fsp3) is 0.509. The molecule has 14 rings (SSSR count). The van der Waals surface area contributed by atoms with E-state index in [-0.39, 0.29) is 5.79 Å². The smallest absolute Gasteiger partial charge is 0.230 e. The molecule has 6 fully saturated rings. The highest BCUT2D eigenvalue weighted by atomic mass is 28.4. The van der Waals surface area contributed by atoms with Crippen LogP contribution in [0.15, 0.2) is 86.0 Å². The van der Waals surface area contributed by atoms with Gasteiger partial charge < -0.3 is 44.0 Å². The molecule has 0 bridgehead atoms. The van der Waals surface area contributed by atoms with Gasteiger partial charge in [-0.1, -0.05) is 25.7 Å². The van der Waals surface area contributed by atoms with Crippen molar-refractivity contribution in [2.24, 2.45) is 0 Å². The first-order valence-electron chi connectivity index (χ1n) is 28.1. The number of pyridine rings is 4. The van der Waals surface area contributed by atoms with Crippen LogP contribution < -0.4 is 25.8 Å². The maximum absolute atomic E-state index is 5.89. The Morgan fingerprint density at radius 1 is 0.566 bits per heavy atom. The molecular weight excluding hydrogens is 969 g/mol. The van der Waals surface area contributed by atoms with Crippen LogP contribution in [-0.2, 0) is 9.16 Å². The topological polar surface area (TPSA) is 177 Å². The summed E-state index contributed by atoms with van der Waals surface area (Å²) in [6, 6.07) is 14.2. The summed E-state index contributed by atoms with van der Waals surface area (Å²) >= 11 is 0. The van der Waals surface area contributed by atoms with Crippen molar-refractivity contribution in [3.8, 4) is 0 Å². The zero-order chi connectivity index (χ0) is 51.6. The quantitative estimate of drug-likeness (QED) is 0.0733. The van der Waals surface area contributed by atoms with Crippen molar-refractivity contribution in [1.82, 2.24) is 59.2 Å². The second-order valence-corrected chi connectivity index (χ2v) is 26.8. The van der Waals surface area contributed by atoms with Gasteiger partial charge in [0.2, 0.25) is 11.9 Å². The molecule has 19 heteroatoms. The van der Waals surface area contributed by atoms with E-state index in [1.165, 1.54) is 80.7 Å². The number of piperazine rings is 2. The van der Waals surface area contributed by atoms with Gasteiger partial charge in [-0.2, -0.15) is 9.97 Å². The van der Waals surface area contributed by atoms with Gasteiger partial charge in [0.1, 0.15) is 22.9 Å². The van der Waals surface area contributed by atoms with Crippen LogP contribution in [0.3, 0.4) is 0 Å². The van der Waals surface area contributed by atoms with Crippen molar-refractivity contribution in [3.63, 3.8) is 0 Å². The van der Waals surface area contributed by atoms with E-state index in [9.17, 15) is 0 Å². The first kappa shape index (κ1) is 50.4. The second-order valence-electron chi connectivity index (χ2n) is 22.4. The summed E-state index contributed by atoms with van der Waals surface area (Å²) in [6.07, 6.45) is 30.2. The minimum Gasteiger partial charge on any atom is -0.391 e. The molecule has 18 nitrogen and oxygen atoms in total. The molecule has 4 saturated carbocycles. The highest BCUT2D eigenvalue weighted by Gasteiger charge is 2.48. The molecule has 0 unspecified atom stereocenters. The number of hydrogen-bond donors (Lipinski definition) is 3. The first-order valence-corrected chi connectivity index (χ1v) is 31.5. The fourth-order valence-corrected chi connectivity index (χ4v) is 13.3. The molecule has 2 saturated heterocycles. The van der Waals surface area contributed by atoms with Crippen LogP contribution in [0.4, 0.5) is 34.9 Å². The van der Waals surface area contributed by atoms with Gasteiger partial charge in [-0.3, -0.25) is 14.9 Å². The summed E-state index contributed by atoms with van der Waals surface area (Å²) in [6.45, 7) is 17.9. The van der Waals surface area contributed by atoms with Gasteiger partial charge in [0.15, 0.2) is 14.1 Å². The highest BCUT2D eigenvalue weighted by Crippen LogP contribution is 2.43. The predicted octanol–water partition coefficient (Wildman–Crippen LogP) is 10.5. The minimum absolute atomic E-state index is 0.154. The van der Waals surface area contributed by atoms with Crippen LogP contribution in [-0.4, -0.2) is 133 Å². The van der Waals surface area contributed by atoms with Crippen LogP contribution in [0.5, 0.6) is 0 Å². The number of hydrogen-bond acceptors (Lipinski definition) is 16. The molecule has 4 aliphatic carbocycles. The van der Waals surface area contributed by atoms with E-state index in [1.807, 2.05) is 68.6 Å². The lowest BCUT2D eigenvalue weighted by molar-refractivity contribution is -0.106. The van der Waals surface area contributed by atoms with Crippen molar-refractivity contribution in [2.75, 3.05) is 79.4 Å². The minimum atomic E-state index is -1.39. The van der Waals surface area contributed by atoms with E-state index in [2.05, 4.69) is 114 Å². The lowest BCUT2D eigenvalue weighted by Crippen LogP contribution is -2.47. The van der Waals surface area contributed by atoms with Gasteiger partial charge in [0.05, 0.1) is 47.2 Å². The van der Waals surface area contributed by atoms with Gasteiger partial charge in [-0.25, -0.2) is 19.9 Å². The average molecular weight is 1040 g/mol. The molecule has 76 heavy (non-hydrogen) atoms. The Bertz CT molecular complexity index is 3240. The molecule has 10 heterocycles. The van der Waals surface area contributed by atoms with Crippen molar-refractivity contribution in [3.05, 3.63) is 86.0 Å². The summed E-state index contributed by atoms with van der Waals surface area (Å²) in [7, 11) is -1.39. The standard InChI is InChI=1S/C26H30N8.C23H26N8.C8H18O2Si/c1-2-4-19(3-1)34-23-17-27-10-9-21(23)22-16-29-26(31-25(22)34)30-24-8-7-20(15-28-24)33-13-11-32(12-14-33)18-5-6-18;1-2-4-16(3-1)31-20-15-25-8-7-18(20)19-14-27-23(29-22(19)31)28-21-6-5-17(13-26-21)30-11-9-24-10-12-30;1-5-9-8(6-7-8)10-11(2,3)4/h7-10,15-19H,1-6,11-14H2,(H,28,29,30,31);5-8,13-16,24H,1-4,9-12H2,(H,26,27,28,29);5-7H2,1-4H3. The predicted molar refractivity (Wildman–Crippen MR) is 306 cm³/mol. The molecule has 398 valence electrons. The first-order chi connectivity index (χ1) is 37.2. The van der Waals surface area contributed by atoms with Crippen LogP contribution in [0, 0.1) is 0 Å². The summed E-state index contributed by atoms with van der Waals surface area (Å²) in [5, 5.41) is 14.5. The molecule has 8 aromatic heterocycles. The maximum atomic E-state index is 5.89. The molecule has 0 amide bonds. The SMILES string of the molecule is CCOC1(O[Si](C)(C)C)CC1.c1cc2c3cnc(Nc4ccc(N5CCN(C6CC6)CC5)cn4)nc3n(C3CCCC3)c2cn1.c1cc2c3cnc(Nc4ccc(N5CCNCC5)cn4)nc3n(C3CCCC3)c2cn1. The molecule has 6 aliphatic rings. The van der Waals surface area contributed by atoms with Crippen molar-refractivity contribution in [1.29, 1.82) is 0 Å². The van der Waals surface area contributed by atoms with Crippen molar-refractivity contribution < 1.29 is 9.16 Å². The third-order valence-corrected chi connectivity index (χ3v) is 16.8. The average Bonchev–Trinajstić information content (AvgIpc) is 4.23. The van der Waals surface area contributed by atoms with Crippen molar-refractivity contribution >= 4 is 87.1 Å². The monoisotopic (exact) mass is 1040 g/mol. The van der Waals surface area contributed by atoms with Crippen LogP contribution in [0.1, 0.15) is 96.1 Å². The van der Waals surface area contributed by atoms with E-state index in [4.69, 9.17) is 19.1 Å². The van der Waals surface area contributed by atoms with Crippen molar-refractivity contribution in [2.45, 2.75) is 128 Å². The highest BCUT2D eigenvalue weighted by molar-refractivity contribution is 6.69. The zero-order valence-electron chi connectivity index (χ0n) is 44.8. The van der Waals surface area contributed by atoms with Gasteiger partial charge in [-0.15, -0.1) is 0 Å². The van der Waals surface area contributed by atoms with Crippen LogP contribution in [0.2, 0.25) is 19.6 Å². The Morgan fingerprint density at radius 2 is 1.07 bits per heavy atom. The van der Waals surface area contributed by atoms with E-state index >= 15 is 0 Å². The second kappa shape index (κ2) is 21.9. The molecule has 0 atom stereocenters. The fourth-order valence-electron chi connectivity index (χ4n) is 11.9. The molecule has 0 radical (unpaired) electrons. The van der Waals surface area contributed by atoms with Gasteiger partial charge in [0, 0.05) is 136 Å². The molecule has 8 aromatic rings. The maximum Gasteiger partial charge on any atom is 0.230 e. The van der Waals surface area contributed by atoms with Gasteiger partial charge >= 0.3 is 0 Å². The summed E-state index contributed by atoms with van der Waals surface area (Å²) in [5.41, 5.74) is 6.60.